The van der Waals surface area contributed by atoms with E-state index in [4.69, 9.17) is 4.98 Å². The van der Waals surface area contributed by atoms with Crippen LogP contribution in [0, 0.1) is 0 Å². The molecule has 1 aromatic carbocycles. The average Bonchev–Trinajstić information content (AvgIpc) is 3.13. The normalized spacial score (nSPS) is 15.4. The van der Waals surface area contributed by atoms with Gasteiger partial charge in [-0.2, -0.15) is 0 Å². The topological polar surface area (TPSA) is 59.0 Å². The molecule has 5 nitrogen and oxygen atoms in total. The maximum atomic E-state index is 11.7. The first kappa shape index (κ1) is 14.9. The Bertz CT molecular complexity index is 671. The van der Waals surface area contributed by atoms with Crippen LogP contribution in [0.25, 0.3) is 11.0 Å². The minimum atomic E-state index is -0.159. The van der Waals surface area contributed by atoms with Gasteiger partial charge in [0, 0.05) is 25.2 Å². The maximum absolute atomic E-state index is 11.7. The lowest BCUT2D eigenvalue weighted by atomic mass is 10.1. The smallest absolute Gasteiger partial charge is 0.319 e. The monoisotopic (exact) mass is 300 g/mol. The first-order chi connectivity index (χ1) is 10.7. The Morgan fingerprint density at radius 1 is 1.36 bits per heavy atom. The molecule has 5 heteroatoms. The molecule has 0 saturated heterocycles. The predicted octanol–water partition coefficient (Wildman–Crippen LogP) is 3.76. The molecule has 2 N–H and O–H groups in total. The van der Waals surface area contributed by atoms with Crippen molar-refractivity contribution in [1.82, 2.24) is 14.9 Å². The molecule has 0 bridgehead atoms. The highest BCUT2D eigenvalue weighted by Crippen LogP contribution is 2.35. The Balaban J connectivity index is 1.82. The van der Waals surface area contributed by atoms with Crippen LogP contribution in [0.4, 0.5) is 10.5 Å². The number of benzene rings is 1. The molecular formula is C17H24N4O. The van der Waals surface area contributed by atoms with Gasteiger partial charge in [0.2, 0.25) is 0 Å². The first-order valence-corrected chi connectivity index (χ1v) is 8.20. The van der Waals surface area contributed by atoms with Crippen molar-refractivity contribution in [2.75, 3.05) is 11.9 Å². The molecule has 2 amide bonds. The van der Waals surface area contributed by atoms with Gasteiger partial charge in [0.1, 0.15) is 5.82 Å². The molecule has 1 heterocycles. The van der Waals surface area contributed by atoms with Crippen LogP contribution in [0.5, 0.6) is 0 Å². The largest absolute Gasteiger partial charge is 0.338 e. The van der Waals surface area contributed by atoms with E-state index in [2.05, 4.69) is 22.2 Å². The van der Waals surface area contributed by atoms with Gasteiger partial charge in [0.25, 0.3) is 0 Å². The van der Waals surface area contributed by atoms with Crippen molar-refractivity contribution in [1.29, 1.82) is 0 Å². The van der Waals surface area contributed by atoms with Gasteiger partial charge in [0.15, 0.2) is 0 Å². The SMILES string of the molecule is CCCNC(=O)Nc1ccc2c(c1)nc(C1CCCC1)n2C. The number of urea groups is 1. The van der Waals surface area contributed by atoms with Crippen molar-refractivity contribution in [3.63, 3.8) is 0 Å². The molecule has 2 aromatic rings. The second-order valence-corrected chi connectivity index (χ2v) is 6.09. The van der Waals surface area contributed by atoms with E-state index in [1.807, 2.05) is 25.1 Å². The fourth-order valence-corrected chi connectivity index (χ4v) is 3.26. The molecule has 0 radical (unpaired) electrons. The summed E-state index contributed by atoms with van der Waals surface area (Å²) in [4.78, 5) is 16.6. The predicted molar refractivity (Wildman–Crippen MR) is 89.2 cm³/mol. The van der Waals surface area contributed by atoms with Crippen molar-refractivity contribution < 1.29 is 4.79 Å². The number of imidazole rings is 1. The zero-order chi connectivity index (χ0) is 15.5. The molecule has 1 aliphatic carbocycles. The third-order valence-corrected chi connectivity index (χ3v) is 4.43. The number of rotatable bonds is 4. The average molecular weight is 300 g/mol. The van der Waals surface area contributed by atoms with E-state index < -0.39 is 0 Å². The van der Waals surface area contributed by atoms with Gasteiger partial charge >= 0.3 is 6.03 Å². The van der Waals surface area contributed by atoms with Gasteiger partial charge in [-0.05, 0) is 37.5 Å². The van der Waals surface area contributed by atoms with Crippen molar-refractivity contribution >= 4 is 22.8 Å². The lowest BCUT2D eigenvalue weighted by Crippen LogP contribution is -2.29. The molecule has 1 aromatic heterocycles. The molecule has 0 unspecified atom stereocenters. The van der Waals surface area contributed by atoms with Crippen LogP contribution in [0.2, 0.25) is 0 Å². The number of anilines is 1. The van der Waals surface area contributed by atoms with Gasteiger partial charge in [-0.3, -0.25) is 0 Å². The van der Waals surface area contributed by atoms with Crippen molar-refractivity contribution in [2.24, 2.45) is 7.05 Å². The summed E-state index contributed by atoms with van der Waals surface area (Å²) in [7, 11) is 2.09. The van der Waals surface area contributed by atoms with Crippen LogP contribution in [-0.2, 0) is 7.05 Å². The van der Waals surface area contributed by atoms with Crippen LogP contribution in [0.15, 0.2) is 18.2 Å². The summed E-state index contributed by atoms with van der Waals surface area (Å²) in [6.45, 7) is 2.72. The second kappa shape index (κ2) is 6.38. The van der Waals surface area contributed by atoms with E-state index >= 15 is 0 Å². The quantitative estimate of drug-likeness (QED) is 0.903. The third-order valence-electron chi connectivity index (χ3n) is 4.43. The van der Waals surface area contributed by atoms with Crippen LogP contribution in [0.1, 0.15) is 50.8 Å². The summed E-state index contributed by atoms with van der Waals surface area (Å²) >= 11 is 0. The van der Waals surface area contributed by atoms with Crippen LogP contribution >= 0.6 is 0 Å². The van der Waals surface area contributed by atoms with Crippen molar-refractivity contribution in [3.05, 3.63) is 24.0 Å². The Labute approximate surface area is 131 Å². The van der Waals surface area contributed by atoms with Gasteiger partial charge < -0.3 is 15.2 Å². The van der Waals surface area contributed by atoms with Gasteiger partial charge in [0.05, 0.1) is 11.0 Å². The van der Waals surface area contributed by atoms with E-state index in [1.165, 1.54) is 31.5 Å². The first-order valence-electron chi connectivity index (χ1n) is 8.20. The number of carbonyl (C=O) groups is 1. The molecular weight excluding hydrogens is 276 g/mol. The summed E-state index contributed by atoms with van der Waals surface area (Å²) in [5.41, 5.74) is 2.87. The number of carbonyl (C=O) groups excluding carboxylic acids is 1. The molecule has 118 valence electrons. The van der Waals surface area contributed by atoms with Crippen molar-refractivity contribution in [2.45, 2.75) is 44.9 Å². The molecule has 3 rings (SSSR count). The minimum Gasteiger partial charge on any atom is -0.338 e. The van der Waals surface area contributed by atoms with Crippen molar-refractivity contribution in [3.8, 4) is 0 Å². The summed E-state index contributed by atoms with van der Waals surface area (Å²) in [5.74, 6) is 1.77. The Morgan fingerprint density at radius 3 is 2.86 bits per heavy atom. The molecule has 22 heavy (non-hydrogen) atoms. The van der Waals surface area contributed by atoms with Gasteiger partial charge in [-0.1, -0.05) is 19.8 Å². The van der Waals surface area contributed by atoms with E-state index in [9.17, 15) is 4.79 Å². The Hall–Kier alpha value is -2.04. The summed E-state index contributed by atoms with van der Waals surface area (Å²) < 4.78 is 2.20. The minimum absolute atomic E-state index is 0.159. The number of fused-ring (bicyclic) bond motifs is 1. The molecule has 1 fully saturated rings. The number of hydrogen-bond donors (Lipinski definition) is 2. The molecule has 0 spiro atoms. The lowest BCUT2D eigenvalue weighted by molar-refractivity contribution is 0.252. The van der Waals surface area contributed by atoms with Crippen LogP contribution in [-0.4, -0.2) is 22.1 Å². The highest BCUT2D eigenvalue weighted by molar-refractivity contribution is 5.92. The lowest BCUT2D eigenvalue weighted by Gasteiger charge is -2.08. The highest BCUT2D eigenvalue weighted by Gasteiger charge is 2.22. The molecule has 1 aliphatic rings. The van der Waals surface area contributed by atoms with Crippen LogP contribution in [0.3, 0.4) is 0 Å². The van der Waals surface area contributed by atoms with E-state index in [1.54, 1.807) is 0 Å². The fourth-order valence-electron chi connectivity index (χ4n) is 3.26. The standard InChI is InChI=1S/C17H24N4O/c1-3-10-18-17(22)19-13-8-9-15-14(11-13)20-16(21(15)2)12-6-4-5-7-12/h8-9,11-12H,3-7,10H2,1-2H3,(H2,18,19,22). The maximum Gasteiger partial charge on any atom is 0.319 e. The number of aryl methyl sites for hydroxylation is 1. The zero-order valence-corrected chi connectivity index (χ0v) is 13.4. The molecule has 0 atom stereocenters. The number of nitrogens with zero attached hydrogens (tertiary/aromatic N) is 2. The Kier molecular flexibility index (Phi) is 4.32. The second-order valence-electron chi connectivity index (χ2n) is 6.09. The number of nitrogens with one attached hydrogen (secondary N) is 2. The van der Waals surface area contributed by atoms with Crippen LogP contribution < -0.4 is 10.6 Å². The number of hydrogen-bond acceptors (Lipinski definition) is 2. The van der Waals surface area contributed by atoms with E-state index in [0.29, 0.717) is 12.5 Å². The third kappa shape index (κ3) is 2.93. The molecule has 0 aliphatic heterocycles. The summed E-state index contributed by atoms with van der Waals surface area (Å²) in [6, 6.07) is 5.77. The summed E-state index contributed by atoms with van der Waals surface area (Å²) in [6.07, 6.45) is 6.01. The zero-order valence-electron chi connectivity index (χ0n) is 13.4. The van der Waals surface area contributed by atoms with E-state index in [0.717, 1.165) is 23.1 Å². The Morgan fingerprint density at radius 2 is 2.14 bits per heavy atom. The number of amides is 2. The highest BCUT2D eigenvalue weighted by atomic mass is 16.2. The van der Waals surface area contributed by atoms with E-state index in [-0.39, 0.29) is 6.03 Å². The summed E-state index contributed by atoms with van der Waals surface area (Å²) in [5, 5.41) is 5.68. The fraction of sp³-hybridized carbons (Fsp3) is 0.529. The number of aromatic nitrogens is 2. The van der Waals surface area contributed by atoms with Gasteiger partial charge in [-0.15, -0.1) is 0 Å². The van der Waals surface area contributed by atoms with Gasteiger partial charge in [-0.25, -0.2) is 9.78 Å². The molecule has 1 saturated carbocycles.